The first-order valence-corrected chi connectivity index (χ1v) is 7.07. The fourth-order valence-electron chi connectivity index (χ4n) is 1.88. The van der Waals surface area contributed by atoms with E-state index in [0.717, 1.165) is 18.8 Å². The number of sulfone groups is 1. The first-order valence-electron chi connectivity index (χ1n) is 5.52. The summed E-state index contributed by atoms with van der Waals surface area (Å²) < 4.78 is 47.1. The molecular weight excluding hydrogens is 262 g/mol. The van der Waals surface area contributed by atoms with Crippen LogP contribution in [0.3, 0.4) is 0 Å². The van der Waals surface area contributed by atoms with Gasteiger partial charge in [0.2, 0.25) is 9.84 Å². The molecule has 2 rings (SSSR count). The molecule has 1 heterocycles. The maximum atomic E-state index is 12.3. The number of rotatable bonds is 4. The second kappa shape index (κ2) is 4.81. The van der Waals surface area contributed by atoms with E-state index >= 15 is 0 Å². The minimum absolute atomic E-state index is 0.350. The first-order chi connectivity index (χ1) is 8.45. The summed E-state index contributed by atoms with van der Waals surface area (Å²) in [6, 6.07) is 5.52. The Morgan fingerprint density at radius 3 is 2.28 bits per heavy atom. The molecule has 1 saturated heterocycles. The molecule has 1 aromatic carbocycles. The van der Waals surface area contributed by atoms with Gasteiger partial charge in [-0.15, -0.1) is 0 Å². The highest BCUT2D eigenvalue weighted by molar-refractivity contribution is 7.91. The second-order valence-electron chi connectivity index (χ2n) is 4.31. The van der Waals surface area contributed by atoms with Gasteiger partial charge in [-0.2, -0.15) is 8.78 Å². The zero-order valence-corrected chi connectivity index (χ0v) is 10.4. The summed E-state index contributed by atoms with van der Waals surface area (Å²) in [5.41, 5.74) is 6.33. The van der Waals surface area contributed by atoms with Gasteiger partial charge in [0.1, 0.15) is 0 Å². The lowest BCUT2D eigenvalue weighted by Gasteiger charge is -2.40. The van der Waals surface area contributed by atoms with Crippen molar-refractivity contribution in [2.45, 2.75) is 10.7 Å². The normalized spacial score (nSPS) is 17.0. The fraction of sp³-hybridized carbons (Fsp3) is 0.455. The number of anilines is 1. The van der Waals surface area contributed by atoms with Crippen molar-refractivity contribution in [3.8, 4) is 0 Å². The van der Waals surface area contributed by atoms with Gasteiger partial charge in [0.25, 0.3) is 0 Å². The number of alkyl halides is 2. The van der Waals surface area contributed by atoms with Gasteiger partial charge in [-0.25, -0.2) is 8.42 Å². The third-order valence-corrected chi connectivity index (χ3v) is 4.45. The van der Waals surface area contributed by atoms with Crippen LogP contribution in [0.25, 0.3) is 0 Å². The van der Waals surface area contributed by atoms with Crippen LogP contribution in [0.15, 0.2) is 29.2 Å². The van der Waals surface area contributed by atoms with Crippen molar-refractivity contribution >= 4 is 15.5 Å². The van der Waals surface area contributed by atoms with Crippen LogP contribution in [0, 0.1) is 5.92 Å². The number of halogens is 2. The summed E-state index contributed by atoms with van der Waals surface area (Å²) in [4.78, 5) is 1.67. The van der Waals surface area contributed by atoms with Crippen LogP contribution in [-0.2, 0) is 9.84 Å². The summed E-state index contributed by atoms with van der Waals surface area (Å²) in [7, 11) is -4.50. The molecule has 1 fully saturated rings. The lowest BCUT2D eigenvalue weighted by Crippen LogP contribution is -2.49. The van der Waals surface area contributed by atoms with Crippen LogP contribution in [0.4, 0.5) is 14.5 Å². The zero-order chi connectivity index (χ0) is 13.3. The van der Waals surface area contributed by atoms with E-state index in [4.69, 9.17) is 5.73 Å². The molecular formula is C11H14F2N2O2S. The molecule has 1 aliphatic rings. The van der Waals surface area contributed by atoms with Gasteiger partial charge in [-0.1, -0.05) is 0 Å². The van der Waals surface area contributed by atoms with Gasteiger partial charge in [0.05, 0.1) is 4.90 Å². The van der Waals surface area contributed by atoms with Crippen LogP contribution in [-0.4, -0.2) is 33.8 Å². The maximum absolute atomic E-state index is 12.3. The highest BCUT2D eigenvalue weighted by Crippen LogP contribution is 2.26. The van der Waals surface area contributed by atoms with Crippen molar-refractivity contribution in [3.63, 3.8) is 0 Å². The van der Waals surface area contributed by atoms with Crippen LogP contribution in [0.1, 0.15) is 0 Å². The first kappa shape index (κ1) is 13.2. The predicted molar refractivity (Wildman–Crippen MR) is 64.4 cm³/mol. The van der Waals surface area contributed by atoms with Gasteiger partial charge in [0, 0.05) is 24.7 Å². The van der Waals surface area contributed by atoms with Crippen LogP contribution < -0.4 is 10.6 Å². The molecule has 0 amide bonds. The SMILES string of the molecule is NCC1CN(c2ccc(S(=O)(=O)C(F)F)cc2)C1. The standard InChI is InChI=1S/C11H14F2N2O2S/c12-11(13)18(16,17)10-3-1-9(2-4-10)15-6-8(5-14)7-15/h1-4,8,11H,5-7,14H2. The lowest BCUT2D eigenvalue weighted by molar-refractivity contribution is 0.234. The number of nitrogens with two attached hydrogens (primary N) is 1. The van der Waals surface area contributed by atoms with Crippen molar-refractivity contribution in [1.29, 1.82) is 0 Å². The number of benzene rings is 1. The molecule has 1 aliphatic heterocycles. The maximum Gasteiger partial charge on any atom is 0.341 e. The van der Waals surface area contributed by atoms with Crippen molar-refractivity contribution < 1.29 is 17.2 Å². The molecule has 18 heavy (non-hydrogen) atoms. The molecule has 0 atom stereocenters. The van der Waals surface area contributed by atoms with E-state index in [2.05, 4.69) is 0 Å². The average Bonchev–Trinajstić information content (AvgIpc) is 2.28. The van der Waals surface area contributed by atoms with E-state index in [-0.39, 0.29) is 4.90 Å². The molecule has 0 spiro atoms. The van der Waals surface area contributed by atoms with E-state index in [1.807, 2.05) is 4.90 Å². The van der Waals surface area contributed by atoms with Gasteiger partial charge in [-0.05, 0) is 30.8 Å². The Morgan fingerprint density at radius 2 is 1.83 bits per heavy atom. The summed E-state index contributed by atoms with van der Waals surface area (Å²) in [5.74, 6) is -2.93. The largest absolute Gasteiger partial charge is 0.371 e. The second-order valence-corrected chi connectivity index (χ2v) is 6.22. The molecule has 100 valence electrons. The number of hydrogen-bond acceptors (Lipinski definition) is 4. The van der Waals surface area contributed by atoms with Gasteiger partial charge >= 0.3 is 5.76 Å². The van der Waals surface area contributed by atoms with Gasteiger partial charge in [0.15, 0.2) is 0 Å². The smallest absolute Gasteiger partial charge is 0.341 e. The molecule has 0 bridgehead atoms. The number of hydrogen-bond donors (Lipinski definition) is 1. The summed E-state index contributed by atoms with van der Waals surface area (Å²) >= 11 is 0. The van der Waals surface area contributed by atoms with E-state index in [1.165, 1.54) is 12.1 Å². The zero-order valence-electron chi connectivity index (χ0n) is 9.59. The Hall–Kier alpha value is -1.21. The van der Waals surface area contributed by atoms with Crippen molar-refractivity contribution in [3.05, 3.63) is 24.3 Å². The highest BCUT2D eigenvalue weighted by Gasteiger charge is 2.28. The van der Waals surface area contributed by atoms with Gasteiger partial charge in [-0.3, -0.25) is 0 Å². The monoisotopic (exact) mass is 276 g/mol. The quantitative estimate of drug-likeness (QED) is 0.893. The van der Waals surface area contributed by atoms with Gasteiger partial charge < -0.3 is 10.6 Å². The van der Waals surface area contributed by atoms with Crippen molar-refractivity contribution in [2.24, 2.45) is 11.7 Å². The molecule has 1 aromatic rings. The Labute approximate surface area is 104 Å². The Kier molecular flexibility index (Phi) is 3.54. The third-order valence-electron chi connectivity index (χ3n) is 3.06. The van der Waals surface area contributed by atoms with Crippen molar-refractivity contribution in [2.75, 3.05) is 24.5 Å². The van der Waals surface area contributed by atoms with Crippen LogP contribution in [0.2, 0.25) is 0 Å². The predicted octanol–water partition coefficient (Wildman–Crippen LogP) is 1.08. The fourth-order valence-corrected chi connectivity index (χ4v) is 2.60. The van der Waals surface area contributed by atoms with Crippen molar-refractivity contribution in [1.82, 2.24) is 0 Å². The van der Waals surface area contributed by atoms with E-state index in [0.29, 0.717) is 12.5 Å². The molecule has 2 N–H and O–H groups in total. The molecule has 0 unspecified atom stereocenters. The average molecular weight is 276 g/mol. The topological polar surface area (TPSA) is 63.4 Å². The minimum atomic E-state index is -4.50. The van der Waals surface area contributed by atoms with Crippen LogP contribution >= 0.6 is 0 Å². The molecule has 0 aliphatic carbocycles. The molecule has 0 aromatic heterocycles. The Balaban J connectivity index is 2.12. The molecule has 7 heteroatoms. The Bertz CT molecular complexity index is 510. The molecule has 4 nitrogen and oxygen atoms in total. The summed E-state index contributed by atoms with van der Waals surface area (Å²) in [5, 5.41) is 0. The van der Waals surface area contributed by atoms with Crippen LogP contribution in [0.5, 0.6) is 0 Å². The third kappa shape index (κ3) is 2.32. The number of nitrogens with zero attached hydrogens (tertiary/aromatic N) is 1. The lowest BCUT2D eigenvalue weighted by atomic mass is 10.00. The van der Waals surface area contributed by atoms with E-state index in [1.54, 1.807) is 12.1 Å². The summed E-state index contributed by atoms with van der Waals surface area (Å²) in [6.07, 6.45) is 0. The van der Waals surface area contributed by atoms with E-state index in [9.17, 15) is 17.2 Å². The molecule has 0 saturated carbocycles. The summed E-state index contributed by atoms with van der Waals surface area (Å²) in [6.45, 7) is 2.25. The van der Waals surface area contributed by atoms with E-state index < -0.39 is 15.6 Å². The minimum Gasteiger partial charge on any atom is -0.371 e. The Morgan fingerprint density at radius 1 is 1.28 bits per heavy atom. The highest BCUT2D eigenvalue weighted by atomic mass is 32.2. The molecule has 0 radical (unpaired) electrons.